The Bertz CT molecular complexity index is 732. The summed E-state index contributed by atoms with van der Waals surface area (Å²) in [5.41, 5.74) is 8.61. The highest BCUT2D eigenvalue weighted by Gasteiger charge is 2.13. The quantitative estimate of drug-likeness (QED) is 0.711. The van der Waals surface area contributed by atoms with Crippen molar-refractivity contribution >= 4 is 34.1 Å². The van der Waals surface area contributed by atoms with Crippen molar-refractivity contribution in [1.29, 1.82) is 0 Å². The van der Waals surface area contributed by atoms with Gasteiger partial charge in [0.2, 0.25) is 0 Å². The van der Waals surface area contributed by atoms with E-state index in [4.69, 9.17) is 5.73 Å². The van der Waals surface area contributed by atoms with E-state index in [0.717, 1.165) is 33.4 Å². The van der Waals surface area contributed by atoms with Gasteiger partial charge in [0, 0.05) is 12.4 Å². The molecule has 2 N–H and O–H groups in total. The van der Waals surface area contributed by atoms with Crippen molar-refractivity contribution in [3.05, 3.63) is 39.9 Å². The van der Waals surface area contributed by atoms with Crippen LogP contribution in [0, 0.1) is 3.57 Å². The van der Waals surface area contributed by atoms with Gasteiger partial charge in [-0.2, -0.15) is 0 Å². The summed E-state index contributed by atoms with van der Waals surface area (Å²) in [6.45, 7) is 2.12. The van der Waals surface area contributed by atoms with Crippen molar-refractivity contribution in [2.75, 3.05) is 5.73 Å². The highest BCUT2D eigenvalue weighted by Crippen LogP contribution is 2.22. The molecular formula is C14H14IN5. The molecule has 0 saturated carbocycles. The molecule has 3 heterocycles. The summed E-state index contributed by atoms with van der Waals surface area (Å²) >= 11 is 2.20. The summed E-state index contributed by atoms with van der Waals surface area (Å²) in [5.74, 6) is 1.12. The number of hydrogen-bond donors (Lipinski definition) is 1. The van der Waals surface area contributed by atoms with Crippen molar-refractivity contribution < 1.29 is 0 Å². The molecule has 0 spiro atoms. The maximum atomic E-state index is 5.99. The number of aryl methyl sites for hydroxylation is 1. The van der Waals surface area contributed by atoms with Gasteiger partial charge in [0.05, 0.1) is 9.26 Å². The molecule has 0 aliphatic heterocycles. The highest BCUT2D eigenvalue weighted by molar-refractivity contribution is 14.1. The maximum Gasteiger partial charge on any atom is 0.182 e. The van der Waals surface area contributed by atoms with E-state index in [1.54, 1.807) is 0 Å². The number of fused-ring (bicyclic) bond motifs is 1. The van der Waals surface area contributed by atoms with Gasteiger partial charge in [0.15, 0.2) is 5.82 Å². The Morgan fingerprint density at radius 2 is 2.10 bits per heavy atom. The number of nitrogens with zero attached hydrogens (tertiary/aromatic N) is 4. The lowest BCUT2D eigenvalue weighted by Crippen LogP contribution is -2.05. The van der Waals surface area contributed by atoms with Crippen LogP contribution in [0.25, 0.3) is 17.2 Å². The molecule has 0 amide bonds. The minimum atomic E-state index is 0.524. The fourth-order valence-electron chi connectivity index (χ4n) is 2.07. The molecule has 0 bridgehead atoms. The predicted molar refractivity (Wildman–Crippen MR) is 87.3 cm³/mol. The van der Waals surface area contributed by atoms with Gasteiger partial charge >= 0.3 is 0 Å². The lowest BCUT2D eigenvalue weighted by molar-refractivity contribution is 0.868. The average Bonchev–Trinajstić information content (AvgIpc) is 2.87. The summed E-state index contributed by atoms with van der Waals surface area (Å²) in [4.78, 5) is 13.5. The van der Waals surface area contributed by atoms with Crippen molar-refractivity contribution in [1.82, 2.24) is 19.4 Å². The molecule has 0 aromatic carbocycles. The van der Waals surface area contributed by atoms with Crippen molar-refractivity contribution in [2.24, 2.45) is 0 Å². The van der Waals surface area contributed by atoms with Gasteiger partial charge in [-0.1, -0.05) is 19.4 Å². The molecular weight excluding hydrogens is 365 g/mol. The second kappa shape index (κ2) is 5.35. The number of aromatic nitrogens is 4. The minimum Gasteiger partial charge on any atom is -0.383 e. The van der Waals surface area contributed by atoms with E-state index in [1.807, 2.05) is 35.0 Å². The molecule has 0 fully saturated rings. The number of nitrogen functional groups attached to an aromatic ring is 1. The monoisotopic (exact) mass is 379 g/mol. The maximum absolute atomic E-state index is 5.99. The second-order valence-electron chi connectivity index (χ2n) is 4.54. The topological polar surface area (TPSA) is 69.1 Å². The molecule has 102 valence electrons. The Morgan fingerprint density at radius 1 is 1.25 bits per heavy atom. The third kappa shape index (κ3) is 2.35. The number of hydrogen-bond acceptors (Lipinski definition) is 4. The van der Waals surface area contributed by atoms with Crippen LogP contribution < -0.4 is 5.73 Å². The summed E-state index contributed by atoms with van der Waals surface area (Å²) in [7, 11) is 0. The molecule has 3 aromatic heterocycles. The third-order valence-corrected chi connectivity index (χ3v) is 4.20. The van der Waals surface area contributed by atoms with Gasteiger partial charge in [-0.25, -0.2) is 15.0 Å². The minimum absolute atomic E-state index is 0.524. The van der Waals surface area contributed by atoms with Crippen LogP contribution in [-0.2, 0) is 6.42 Å². The number of pyridine rings is 1. The fraction of sp³-hybridized carbons (Fsp3) is 0.214. The number of halogens is 1. The first-order valence-corrected chi connectivity index (χ1v) is 7.53. The normalized spacial score (nSPS) is 11.1. The van der Waals surface area contributed by atoms with E-state index in [0.29, 0.717) is 11.6 Å². The van der Waals surface area contributed by atoms with E-state index in [-0.39, 0.29) is 0 Å². The first kappa shape index (κ1) is 13.3. The Labute approximate surface area is 130 Å². The number of imidazole rings is 1. The zero-order valence-corrected chi connectivity index (χ0v) is 13.2. The molecule has 0 unspecified atom stereocenters. The summed E-state index contributed by atoms with van der Waals surface area (Å²) in [5, 5.41) is 0. The predicted octanol–water partition coefficient (Wildman–Crippen LogP) is 2.93. The molecule has 0 radical (unpaired) electrons. The van der Waals surface area contributed by atoms with Crippen molar-refractivity contribution in [3.8, 4) is 11.5 Å². The smallest absolute Gasteiger partial charge is 0.182 e. The van der Waals surface area contributed by atoms with Crippen LogP contribution in [0.15, 0.2) is 30.6 Å². The average molecular weight is 379 g/mol. The largest absolute Gasteiger partial charge is 0.383 e. The van der Waals surface area contributed by atoms with E-state index in [2.05, 4.69) is 44.5 Å². The van der Waals surface area contributed by atoms with E-state index in [1.165, 1.54) is 0 Å². The Hall–Kier alpha value is -1.70. The summed E-state index contributed by atoms with van der Waals surface area (Å²) < 4.78 is 2.89. The van der Waals surface area contributed by atoms with E-state index >= 15 is 0 Å². The van der Waals surface area contributed by atoms with Gasteiger partial charge in [0.25, 0.3) is 0 Å². The Kier molecular flexibility index (Phi) is 3.56. The van der Waals surface area contributed by atoms with Crippen LogP contribution in [0.1, 0.15) is 19.0 Å². The van der Waals surface area contributed by atoms with Crippen LogP contribution in [0.3, 0.4) is 0 Å². The zero-order chi connectivity index (χ0) is 14.1. The summed E-state index contributed by atoms with van der Waals surface area (Å²) in [6.07, 6.45) is 5.80. The number of anilines is 1. The van der Waals surface area contributed by atoms with Crippen LogP contribution >= 0.6 is 22.6 Å². The molecule has 0 aliphatic carbocycles. The highest BCUT2D eigenvalue weighted by atomic mass is 127. The first-order chi connectivity index (χ1) is 9.69. The molecule has 5 nitrogen and oxygen atoms in total. The Balaban J connectivity index is 2.13. The first-order valence-electron chi connectivity index (χ1n) is 6.45. The SMILES string of the molecule is CCCc1nc(-c2cn3ccccc3n2)nc(N)c1I. The third-order valence-electron chi connectivity index (χ3n) is 3.03. The summed E-state index contributed by atoms with van der Waals surface area (Å²) in [6, 6.07) is 5.87. The lowest BCUT2D eigenvalue weighted by Gasteiger charge is -2.06. The fourth-order valence-corrected chi connectivity index (χ4v) is 2.58. The number of nitrogens with two attached hydrogens (primary N) is 1. The lowest BCUT2D eigenvalue weighted by atomic mass is 10.2. The molecule has 20 heavy (non-hydrogen) atoms. The van der Waals surface area contributed by atoms with Crippen LogP contribution in [0.5, 0.6) is 0 Å². The number of rotatable bonds is 3. The Morgan fingerprint density at radius 3 is 2.85 bits per heavy atom. The van der Waals surface area contributed by atoms with E-state index < -0.39 is 0 Å². The van der Waals surface area contributed by atoms with Crippen molar-refractivity contribution in [3.63, 3.8) is 0 Å². The standard InChI is InChI=1S/C14H14IN5/c1-2-5-9-12(15)13(16)19-14(18-9)10-8-20-7-4-3-6-11(20)17-10/h3-4,6-8H,2,5H2,1H3,(H2,16,18,19). The van der Waals surface area contributed by atoms with Gasteiger partial charge in [0.1, 0.15) is 17.2 Å². The molecule has 0 atom stereocenters. The van der Waals surface area contributed by atoms with Gasteiger partial charge in [-0.3, -0.25) is 0 Å². The van der Waals surface area contributed by atoms with Gasteiger partial charge in [-0.05, 0) is 41.1 Å². The zero-order valence-electron chi connectivity index (χ0n) is 11.0. The molecule has 3 aromatic rings. The molecule has 0 saturated heterocycles. The van der Waals surface area contributed by atoms with E-state index in [9.17, 15) is 0 Å². The molecule has 6 heteroatoms. The second-order valence-corrected chi connectivity index (χ2v) is 5.61. The van der Waals surface area contributed by atoms with Gasteiger partial charge < -0.3 is 10.1 Å². The van der Waals surface area contributed by atoms with Crippen LogP contribution in [-0.4, -0.2) is 19.4 Å². The molecule has 0 aliphatic rings. The van der Waals surface area contributed by atoms with Crippen LogP contribution in [0.4, 0.5) is 5.82 Å². The van der Waals surface area contributed by atoms with Gasteiger partial charge in [-0.15, -0.1) is 0 Å². The van der Waals surface area contributed by atoms with Crippen LogP contribution in [0.2, 0.25) is 0 Å². The van der Waals surface area contributed by atoms with Crippen molar-refractivity contribution in [2.45, 2.75) is 19.8 Å². The molecule has 3 rings (SSSR count).